The predicted octanol–water partition coefficient (Wildman–Crippen LogP) is 2.16. The van der Waals surface area contributed by atoms with Gasteiger partial charge in [-0.25, -0.2) is 4.98 Å². The molecule has 3 aromatic rings. The van der Waals surface area contributed by atoms with E-state index in [4.69, 9.17) is 9.26 Å². The van der Waals surface area contributed by atoms with Crippen LogP contribution in [0.3, 0.4) is 0 Å². The molecule has 20 heavy (non-hydrogen) atoms. The number of ether oxygens (including phenoxy) is 1. The molecule has 102 valence electrons. The lowest BCUT2D eigenvalue weighted by Crippen LogP contribution is -1.86. The van der Waals surface area contributed by atoms with Gasteiger partial charge in [-0.1, -0.05) is 29.1 Å². The van der Waals surface area contributed by atoms with Gasteiger partial charge in [0.05, 0.1) is 12.9 Å². The summed E-state index contributed by atoms with van der Waals surface area (Å²) in [6.07, 6.45) is 1.46. The van der Waals surface area contributed by atoms with Gasteiger partial charge >= 0.3 is 0 Å². The summed E-state index contributed by atoms with van der Waals surface area (Å²) in [5.74, 6) is 2.36. The Hall–Kier alpha value is -2.35. The highest BCUT2D eigenvalue weighted by Gasteiger charge is 2.10. The molecule has 3 rings (SSSR count). The second-order valence-corrected chi connectivity index (χ2v) is 4.79. The Morgan fingerprint density at radius 3 is 3.15 bits per heavy atom. The molecule has 0 aliphatic rings. The minimum Gasteiger partial charge on any atom is -0.497 e. The number of H-pyrrole nitrogens is 1. The average Bonchev–Trinajstić information content (AvgIpc) is 3.16. The van der Waals surface area contributed by atoms with Crippen LogP contribution in [-0.2, 0) is 5.75 Å². The molecule has 2 aromatic heterocycles. The zero-order valence-electron chi connectivity index (χ0n) is 10.6. The van der Waals surface area contributed by atoms with Crippen LogP contribution in [0.25, 0.3) is 11.4 Å². The van der Waals surface area contributed by atoms with Gasteiger partial charge in [-0.15, -0.1) is 0 Å². The van der Waals surface area contributed by atoms with Crippen LogP contribution in [0.15, 0.2) is 40.3 Å². The minimum absolute atomic E-state index is 0.532. The summed E-state index contributed by atoms with van der Waals surface area (Å²) in [4.78, 5) is 8.35. The van der Waals surface area contributed by atoms with Crippen molar-refractivity contribution in [3.8, 4) is 17.1 Å². The highest BCUT2D eigenvalue weighted by atomic mass is 32.2. The standard InChI is InChI=1S/C12H11N5O2S/c1-18-9-4-2-3-8(5-9)11-15-10(19-17-11)6-20-12-13-7-14-16-12/h2-5,7H,6H2,1H3,(H,13,14,16). The normalized spacial score (nSPS) is 10.7. The lowest BCUT2D eigenvalue weighted by molar-refractivity contribution is 0.391. The molecule has 0 aliphatic carbocycles. The fourth-order valence-corrected chi connectivity index (χ4v) is 2.20. The predicted molar refractivity (Wildman–Crippen MR) is 72.2 cm³/mol. The van der Waals surface area contributed by atoms with Crippen LogP contribution in [0.4, 0.5) is 0 Å². The Morgan fingerprint density at radius 2 is 2.35 bits per heavy atom. The van der Waals surface area contributed by atoms with E-state index in [1.54, 1.807) is 7.11 Å². The molecule has 0 bridgehead atoms. The molecule has 0 saturated carbocycles. The third kappa shape index (κ3) is 2.80. The number of hydrogen-bond acceptors (Lipinski definition) is 7. The minimum atomic E-state index is 0.532. The molecule has 0 fully saturated rings. The Labute approximate surface area is 118 Å². The summed E-state index contributed by atoms with van der Waals surface area (Å²) in [6, 6.07) is 7.51. The number of thioether (sulfide) groups is 1. The third-order valence-electron chi connectivity index (χ3n) is 2.52. The molecule has 7 nitrogen and oxygen atoms in total. The van der Waals surface area contributed by atoms with Crippen molar-refractivity contribution in [3.63, 3.8) is 0 Å². The fraction of sp³-hybridized carbons (Fsp3) is 0.167. The van der Waals surface area contributed by atoms with Crippen molar-refractivity contribution in [1.29, 1.82) is 0 Å². The van der Waals surface area contributed by atoms with E-state index in [1.807, 2.05) is 24.3 Å². The molecular formula is C12H11N5O2S. The van der Waals surface area contributed by atoms with E-state index < -0.39 is 0 Å². The van der Waals surface area contributed by atoms with Crippen LogP contribution in [0.5, 0.6) is 5.75 Å². The van der Waals surface area contributed by atoms with Crippen LogP contribution >= 0.6 is 11.8 Å². The van der Waals surface area contributed by atoms with E-state index in [0.29, 0.717) is 22.6 Å². The van der Waals surface area contributed by atoms with Gasteiger partial charge in [0.1, 0.15) is 12.1 Å². The number of aromatic nitrogens is 5. The summed E-state index contributed by atoms with van der Waals surface area (Å²) in [5, 5.41) is 11.2. The van der Waals surface area contributed by atoms with E-state index in [2.05, 4.69) is 25.3 Å². The van der Waals surface area contributed by atoms with Gasteiger partial charge < -0.3 is 9.26 Å². The summed E-state index contributed by atoms with van der Waals surface area (Å²) in [7, 11) is 1.62. The maximum absolute atomic E-state index is 5.21. The SMILES string of the molecule is COc1cccc(-c2noc(CSc3ncn[nH]3)n2)c1. The molecule has 0 amide bonds. The first-order valence-corrected chi connectivity index (χ1v) is 6.79. The number of aromatic amines is 1. The van der Waals surface area contributed by atoms with Crippen molar-refractivity contribution < 1.29 is 9.26 Å². The Kier molecular flexibility index (Phi) is 3.64. The highest BCUT2D eigenvalue weighted by molar-refractivity contribution is 7.98. The lowest BCUT2D eigenvalue weighted by atomic mass is 10.2. The van der Waals surface area contributed by atoms with Crippen molar-refractivity contribution >= 4 is 11.8 Å². The van der Waals surface area contributed by atoms with Crippen molar-refractivity contribution in [3.05, 3.63) is 36.5 Å². The molecular weight excluding hydrogens is 278 g/mol. The molecule has 0 unspecified atom stereocenters. The van der Waals surface area contributed by atoms with Gasteiger partial charge in [0, 0.05) is 5.56 Å². The molecule has 1 N–H and O–H groups in total. The molecule has 0 atom stereocenters. The Balaban J connectivity index is 1.72. The summed E-state index contributed by atoms with van der Waals surface area (Å²) >= 11 is 1.45. The first kappa shape index (κ1) is 12.7. The van der Waals surface area contributed by atoms with E-state index in [9.17, 15) is 0 Å². The summed E-state index contributed by atoms with van der Waals surface area (Å²) in [6.45, 7) is 0. The maximum atomic E-state index is 5.21. The third-order valence-corrected chi connectivity index (χ3v) is 3.38. The van der Waals surface area contributed by atoms with Crippen LogP contribution < -0.4 is 4.74 Å². The average molecular weight is 289 g/mol. The quantitative estimate of drug-likeness (QED) is 0.720. The summed E-state index contributed by atoms with van der Waals surface area (Å²) in [5.41, 5.74) is 0.851. The molecule has 1 aromatic carbocycles. The van der Waals surface area contributed by atoms with E-state index >= 15 is 0 Å². The first-order valence-electron chi connectivity index (χ1n) is 5.80. The van der Waals surface area contributed by atoms with Crippen LogP contribution in [0.1, 0.15) is 5.89 Å². The second kappa shape index (κ2) is 5.74. The molecule has 0 spiro atoms. The zero-order chi connectivity index (χ0) is 13.8. The maximum Gasteiger partial charge on any atom is 0.237 e. The smallest absolute Gasteiger partial charge is 0.237 e. The Bertz CT molecular complexity index is 683. The molecule has 8 heteroatoms. The van der Waals surface area contributed by atoms with Crippen molar-refractivity contribution in [2.24, 2.45) is 0 Å². The van der Waals surface area contributed by atoms with Crippen LogP contribution in [0, 0.1) is 0 Å². The van der Waals surface area contributed by atoms with Crippen molar-refractivity contribution in [1.82, 2.24) is 25.3 Å². The van der Waals surface area contributed by atoms with Crippen LogP contribution in [-0.4, -0.2) is 32.4 Å². The number of benzene rings is 1. The highest BCUT2D eigenvalue weighted by Crippen LogP contribution is 2.23. The van der Waals surface area contributed by atoms with E-state index in [1.165, 1.54) is 18.1 Å². The Morgan fingerprint density at radius 1 is 1.40 bits per heavy atom. The number of rotatable bonds is 5. The van der Waals surface area contributed by atoms with Crippen molar-refractivity contribution in [2.75, 3.05) is 7.11 Å². The number of nitrogens with zero attached hydrogens (tertiary/aromatic N) is 4. The van der Waals surface area contributed by atoms with E-state index in [-0.39, 0.29) is 0 Å². The van der Waals surface area contributed by atoms with E-state index in [0.717, 1.165) is 11.3 Å². The number of hydrogen-bond donors (Lipinski definition) is 1. The van der Waals surface area contributed by atoms with Gasteiger partial charge in [-0.05, 0) is 12.1 Å². The summed E-state index contributed by atoms with van der Waals surface area (Å²) < 4.78 is 10.4. The first-order chi connectivity index (χ1) is 9.85. The van der Waals surface area contributed by atoms with Gasteiger partial charge in [0.25, 0.3) is 0 Å². The largest absolute Gasteiger partial charge is 0.497 e. The second-order valence-electron chi connectivity index (χ2n) is 3.82. The van der Waals surface area contributed by atoms with Gasteiger partial charge in [0.2, 0.25) is 11.7 Å². The van der Waals surface area contributed by atoms with Gasteiger partial charge in [-0.3, -0.25) is 5.10 Å². The number of nitrogens with one attached hydrogen (secondary N) is 1. The fourth-order valence-electron chi connectivity index (χ4n) is 1.59. The van der Waals surface area contributed by atoms with Gasteiger partial charge in [0.15, 0.2) is 5.16 Å². The number of methoxy groups -OCH3 is 1. The molecule has 2 heterocycles. The molecule has 0 saturated heterocycles. The van der Waals surface area contributed by atoms with Crippen LogP contribution in [0.2, 0.25) is 0 Å². The molecule has 0 radical (unpaired) electrons. The van der Waals surface area contributed by atoms with Crippen molar-refractivity contribution in [2.45, 2.75) is 10.9 Å². The monoisotopic (exact) mass is 289 g/mol. The topological polar surface area (TPSA) is 89.7 Å². The lowest BCUT2D eigenvalue weighted by Gasteiger charge is -1.99. The molecule has 0 aliphatic heterocycles. The zero-order valence-corrected chi connectivity index (χ0v) is 11.4. The van der Waals surface area contributed by atoms with Gasteiger partial charge in [-0.2, -0.15) is 10.1 Å².